The summed E-state index contributed by atoms with van der Waals surface area (Å²) in [6, 6.07) is 16.9. The molecule has 0 aliphatic heterocycles. The van der Waals surface area contributed by atoms with E-state index >= 15 is 0 Å². The van der Waals surface area contributed by atoms with Crippen LogP contribution < -0.4 is 20.7 Å². The Balaban J connectivity index is 1.57. The first-order chi connectivity index (χ1) is 15.9. The number of hydrogen-bond donors (Lipinski definition) is 3. The number of amides is 3. The Morgan fingerprint density at radius 1 is 0.909 bits per heavy atom. The van der Waals surface area contributed by atoms with Crippen molar-refractivity contribution >= 4 is 40.7 Å². The highest BCUT2D eigenvalue weighted by Gasteiger charge is 2.15. The molecule has 3 aromatic rings. The summed E-state index contributed by atoms with van der Waals surface area (Å²) in [7, 11) is 1.53. The molecule has 0 aliphatic rings. The summed E-state index contributed by atoms with van der Waals surface area (Å²) in [5.74, 6) is -1.28. The second kappa shape index (κ2) is 11.1. The van der Waals surface area contributed by atoms with Crippen LogP contribution in [-0.2, 0) is 4.79 Å². The smallest absolute Gasteiger partial charge is 0.257 e. The molecule has 33 heavy (non-hydrogen) atoms. The predicted molar refractivity (Wildman–Crippen MR) is 124 cm³/mol. The van der Waals surface area contributed by atoms with Crippen LogP contribution in [0.1, 0.15) is 27.1 Å². The number of ether oxygens (including phenoxy) is 1. The first-order valence-electron chi connectivity index (χ1n) is 9.95. The molecule has 0 radical (unpaired) electrons. The van der Waals surface area contributed by atoms with E-state index in [0.717, 1.165) is 12.1 Å². The van der Waals surface area contributed by atoms with Crippen molar-refractivity contribution in [1.82, 2.24) is 5.32 Å². The molecule has 7 nitrogen and oxygen atoms in total. The lowest BCUT2D eigenvalue weighted by atomic mass is 10.1. The molecule has 9 heteroatoms. The Morgan fingerprint density at radius 2 is 1.70 bits per heavy atom. The van der Waals surface area contributed by atoms with Crippen LogP contribution >= 0.6 is 11.6 Å². The lowest BCUT2D eigenvalue weighted by Gasteiger charge is -2.12. The van der Waals surface area contributed by atoms with Gasteiger partial charge >= 0.3 is 0 Å². The van der Waals surface area contributed by atoms with Crippen molar-refractivity contribution in [2.24, 2.45) is 0 Å². The lowest BCUT2D eigenvalue weighted by Crippen LogP contribution is -2.28. The molecule has 0 bridgehead atoms. The zero-order valence-corrected chi connectivity index (χ0v) is 18.4. The van der Waals surface area contributed by atoms with Gasteiger partial charge in [-0.3, -0.25) is 14.4 Å². The van der Waals surface area contributed by atoms with Gasteiger partial charge in [-0.2, -0.15) is 0 Å². The number of methoxy groups -OCH3 is 1. The summed E-state index contributed by atoms with van der Waals surface area (Å²) in [4.78, 5) is 37.3. The van der Waals surface area contributed by atoms with Gasteiger partial charge in [0.05, 0.1) is 28.9 Å². The topological polar surface area (TPSA) is 96.5 Å². The second-order valence-electron chi connectivity index (χ2n) is 6.91. The highest BCUT2D eigenvalue weighted by molar-refractivity contribution is 6.33. The molecule has 3 aromatic carbocycles. The fourth-order valence-corrected chi connectivity index (χ4v) is 3.21. The van der Waals surface area contributed by atoms with Gasteiger partial charge in [0.2, 0.25) is 5.91 Å². The van der Waals surface area contributed by atoms with Gasteiger partial charge in [0.1, 0.15) is 11.6 Å². The molecule has 0 heterocycles. The summed E-state index contributed by atoms with van der Waals surface area (Å²) >= 11 is 5.87. The van der Waals surface area contributed by atoms with E-state index in [4.69, 9.17) is 16.3 Å². The zero-order valence-electron chi connectivity index (χ0n) is 17.7. The largest absolute Gasteiger partial charge is 0.497 e. The number of carbonyl (C=O) groups excluding carboxylic acids is 3. The van der Waals surface area contributed by atoms with Gasteiger partial charge in [0, 0.05) is 24.7 Å². The van der Waals surface area contributed by atoms with E-state index in [1.807, 2.05) is 0 Å². The van der Waals surface area contributed by atoms with Crippen molar-refractivity contribution in [3.63, 3.8) is 0 Å². The molecule has 0 aromatic heterocycles. The van der Waals surface area contributed by atoms with E-state index in [9.17, 15) is 18.8 Å². The van der Waals surface area contributed by atoms with E-state index in [1.165, 1.54) is 13.2 Å². The molecule has 0 fully saturated rings. The zero-order chi connectivity index (χ0) is 23.8. The predicted octanol–water partition coefficient (Wildman–Crippen LogP) is 4.50. The van der Waals surface area contributed by atoms with E-state index in [2.05, 4.69) is 16.0 Å². The summed E-state index contributed by atoms with van der Waals surface area (Å²) in [5.41, 5.74) is 1.26. The number of halogens is 2. The van der Waals surface area contributed by atoms with E-state index in [0.29, 0.717) is 17.1 Å². The number of nitrogens with one attached hydrogen (secondary N) is 3. The van der Waals surface area contributed by atoms with Crippen LogP contribution in [0.15, 0.2) is 66.7 Å². The molecule has 3 amide bonds. The Labute approximate surface area is 194 Å². The molecular formula is C24H21ClFN3O4. The third-order valence-electron chi connectivity index (χ3n) is 4.59. The number of anilines is 2. The van der Waals surface area contributed by atoms with Crippen LogP contribution in [0.2, 0.25) is 5.02 Å². The third-order valence-corrected chi connectivity index (χ3v) is 4.90. The molecule has 0 saturated heterocycles. The molecule has 170 valence electrons. The average Bonchev–Trinajstić information content (AvgIpc) is 2.79. The number of rotatable bonds is 8. The van der Waals surface area contributed by atoms with Crippen LogP contribution in [0.5, 0.6) is 5.75 Å². The average molecular weight is 470 g/mol. The quantitative estimate of drug-likeness (QED) is 0.452. The van der Waals surface area contributed by atoms with E-state index < -0.39 is 23.5 Å². The summed E-state index contributed by atoms with van der Waals surface area (Å²) in [6.07, 6.45) is -0.0452. The number of hydrogen-bond acceptors (Lipinski definition) is 4. The van der Waals surface area contributed by atoms with Gasteiger partial charge in [-0.05, 0) is 42.5 Å². The maximum absolute atomic E-state index is 13.1. The minimum Gasteiger partial charge on any atom is -0.497 e. The second-order valence-corrected chi connectivity index (χ2v) is 7.32. The van der Waals surface area contributed by atoms with E-state index in [-0.39, 0.29) is 29.1 Å². The van der Waals surface area contributed by atoms with Gasteiger partial charge in [-0.1, -0.05) is 29.8 Å². The maximum atomic E-state index is 13.1. The summed E-state index contributed by atoms with van der Waals surface area (Å²) < 4.78 is 18.3. The van der Waals surface area contributed by atoms with Crippen molar-refractivity contribution in [3.8, 4) is 5.75 Å². The van der Waals surface area contributed by atoms with Crippen molar-refractivity contribution in [1.29, 1.82) is 0 Å². The lowest BCUT2D eigenvalue weighted by molar-refractivity contribution is -0.116. The monoisotopic (exact) mass is 469 g/mol. The minimum absolute atomic E-state index is 0.0204. The van der Waals surface area contributed by atoms with Crippen LogP contribution in [0.25, 0.3) is 0 Å². The summed E-state index contributed by atoms with van der Waals surface area (Å²) in [6.45, 7) is 0.0244. The Hall–Kier alpha value is -3.91. The van der Waals surface area contributed by atoms with Gasteiger partial charge in [0.15, 0.2) is 0 Å². The normalized spacial score (nSPS) is 10.3. The Kier molecular flexibility index (Phi) is 7.99. The molecule has 0 atom stereocenters. The van der Waals surface area contributed by atoms with Gasteiger partial charge < -0.3 is 20.7 Å². The molecule has 3 N–H and O–H groups in total. The van der Waals surface area contributed by atoms with E-state index in [1.54, 1.807) is 48.5 Å². The maximum Gasteiger partial charge on any atom is 0.257 e. The van der Waals surface area contributed by atoms with Crippen molar-refractivity contribution in [3.05, 3.63) is 88.7 Å². The first kappa shape index (κ1) is 23.7. The number of benzene rings is 3. The van der Waals surface area contributed by atoms with Gasteiger partial charge in [-0.15, -0.1) is 0 Å². The highest BCUT2D eigenvalue weighted by atomic mass is 35.5. The molecule has 0 saturated carbocycles. The molecular weight excluding hydrogens is 449 g/mol. The van der Waals surface area contributed by atoms with Crippen LogP contribution in [0.4, 0.5) is 15.8 Å². The SMILES string of the molecule is COc1cccc(NC(=O)c2ccccc2NC(=O)CCNC(=O)c2ccc(F)cc2Cl)c1. The Bertz CT molecular complexity index is 1190. The van der Waals surface area contributed by atoms with Crippen LogP contribution in [0, 0.1) is 5.82 Å². The fraction of sp³-hybridized carbons (Fsp3) is 0.125. The number of carbonyl (C=O) groups is 3. The standard InChI is InChI=1S/C24H21ClFN3O4/c1-33-17-6-4-5-16(14-17)28-24(32)19-7-2-3-8-21(19)29-22(30)11-12-27-23(31)18-10-9-15(26)13-20(18)25/h2-10,13-14H,11-12H2,1H3,(H,27,31)(H,28,32)(H,29,30). The summed E-state index contributed by atoms with van der Waals surface area (Å²) in [5, 5.41) is 7.98. The Morgan fingerprint density at radius 3 is 2.45 bits per heavy atom. The van der Waals surface area contributed by atoms with Crippen molar-refractivity contribution in [2.45, 2.75) is 6.42 Å². The molecule has 0 unspecified atom stereocenters. The molecule has 0 spiro atoms. The van der Waals surface area contributed by atoms with Gasteiger partial charge in [-0.25, -0.2) is 4.39 Å². The molecule has 3 rings (SSSR count). The van der Waals surface area contributed by atoms with Crippen LogP contribution in [-0.4, -0.2) is 31.4 Å². The fourth-order valence-electron chi connectivity index (χ4n) is 2.96. The van der Waals surface area contributed by atoms with Crippen LogP contribution in [0.3, 0.4) is 0 Å². The number of para-hydroxylation sites is 1. The highest BCUT2D eigenvalue weighted by Crippen LogP contribution is 2.21. The third kappa shape index (κ3) is 6.54. The minimum atomic E-state index is -0.551. The van der Waals surface area contributed by atoms with Crippen molar-refractivity contribution < 1.29 is 23.5 Å². The molecule has 0 aliphatic carbocycles. The first-order valence-corrected chi connectivity index (χ1v) is 10.3. The van der Waals surface area contributed by atoms with Gasteiger partial charge in [0.25, 0.3) is 11.8 Å². The van der Waals surface area contributed by atoms with Crippen molar-refractivity contribution in [2.75, 3.05) is 24.3 Å².